The summed E-state index contributed by atoms with van der Waals surface area (Å²) in [5.41, 5.74) is -1.12. The van der Waals surface area contributed by atoms with E-state index in [-0.39, 0.29) is 11.4 Å². The van der Waals surface area contributed by atoms with Crippen LogP contribution in [0.1, 0.15) is 31.1 Å². The number of carbonyl (C=O) groups excluding carboxylic acids is 1. The summed E-state index contributed by atoms with van der Waals surface area (Å²) in [4.78, 5) is 39.5. The molecule has 1 aromatic carbocycles. The van der Waals surface area contributed by atoms with E-state index in [4.69, 9.17) is 14.2 Å². The van der Waals surface area contributed by atoms with Crippen molar-refractivity contribution < 1.29 is 19.0 Å². The third-order valence-corrected chi connectivity index (χ3v) is 3.18. The Morgan fingerprint density at radius 1 is 0.923 bits per heavy atom. The number of hydrogen-bond donors (Lipinski definition) is 3. The highest BCUT2D eigenvalue weighted by molar-refractivity contribution is 6.04. The second-order valence-corrected chi connectivity index (χ2v) is 5.06. The van der Waals surface area contributed by atoms with Crippen LogP contribution in [-0.4, -0.2) is 35.7 Å². The highest BCUT2D eigenvalue weighted by atomic mass is 16.5. The average molecular weight is 363 g/mol. The third kappa shape index (κ3) is 4.65. The number of rotatable bonds is 8. The summed E-state index contributed by atoms with van der Waals surface area (Å²) in [6.45, 7) is 6.60. The largest absolute Gasteiger partial charge is 0.490 e. The molecule has 2 aromatic rings. The van der Waals surface area contributed by atoms with Crippen LogP contribution in [0.5, 0.6) is 17.2 Å². The minimum atomic E-state index is -0.718. The molecule has 0 radical (unpaired) electrons. The Labute approximate surface area is 149 Å². The van der Waals surface area contributed by atoms with E-state index in [1.165, 1.54) is 12.1 Å². The molecule has 0 saturated heterocycles. The number of hydrogen-bond acceptors (Lipinski definition) is 6. The summed E-state index contributed by atoms with van der Waals surface area (Å²) in [5, 5.41) is 2.46. The molecular weight excluding hydrogens is 342 g/mol. The van der Waals surface area contributed by atoms with Crippen molar-refractivity contribution in [2.24, 2.45) is 0 Å². The second-order valence-electron chi connectivity index (χ2n) is 5.06. The quantitative estimate of drug-likeness (QED) is 0.653. The zero-order chi connectivity index (χ0) is 19.1. The number of nitrogens with one attached hydrogen (secondary N) is 3. The third-order valence-electron chi connectivity index (χ3n) is 3.18. The van der Waals surface area contributed by atoms with Crippen molar-refractivity contribution in [3.8, 4) is 17.2 Å². The molecule has 1 aromatic heterocycles. The summed E-state index contributed by atoms with van der Waals surface area (Å²) in [5.74, 6) is 0.580. The van der Waals surface area contributed by atoms with Crippen LogP contribution >= 0.6 is 0 Å². The molecule has 9 heteroatoms. The van der Waals surface area contributed by atoms with Gasteiger partial charge in [0.05, 0.1) is 19.8 Å². The van der Waals surface area contributed by atoms with Gasteiger partial charge in [0.1, 0.15) is 5.82 Å². The standard InChI is InChI=1S/C17H21N3O6/c1-4-24-11-7-10(8-12(25-5-2)15(11)26-6-3)16(22)18-13-9-14(21)20-17(23)19-13/h7-9H,4-6H2,1-3H3,(H3,18,19,20,21,22,23). The van der Waals surface area contributed by atoms with Crippen LogP contribution in [0, 0.1) is 0 Å². The molecular formula is C17H21N3O6. The number of aromatic amines is 2. The number of benzene rings is 1. The van der Waals surface area contributed by atoms with Gasteiger partial charge in [-0.2, -0.15) is 0 Å². The minimum Gasteiger partial charge on any atom is -0.490 e. The first-order valence-electron chi connectivity index (χ1n) is 8.19. The number of carbonyl (C=O) groups is 1. The van der Waals surface area contributed by atoms with Crippen LogP contribution in [0.25, 0.3) is 0 Å². The lowest BCUT2D eigenvalue weighted by molar-refractivity contribution is 0.102. The second kappa shape index (κ2) is 8.75. The first-order valence-corrected chi connectivity index (χ1v) is 8.19. The van der Waals surface area contributed by atoms with Crippen LogP contribution in [0.3, 0.4) is 0 Å². The zero-order valence-electron chi connectivity index (χ0n) is 14.8. The zero-order valence-corrected chi connectivity index (χ0v) is 14.8. The van der Waals surface area contributed by atoms with Gasteiger partial charge in [0.2, 0.25) is 5.75 Å². The van der Waals surface area contributed by atoms with Gasteiger partial charge < -0.3 is 19.5 Å². The lowest BCUT2D eigenvalue weighted by Gasteiger charge is -2.17. The minimum absolute atomic E-state index is 0.0199. The summed E-state index contributed by atoms with van der Waals surface area (Å²) in [7, 11) is 0. The molecule has 0 fully saturated rings. The van der Waals surface area contributed by atoms with Gasteiger partial charge in [0.15, 0.2) is 11.5 Å². The Hall–Kier alpha value is -3.23. The molecule has 0 unspecified atom stereocenters. The van der Waals surface area contributed by atoms with Crippen LogP contribution in [-0.2, 0) is 0 Å². The van der Waals surface area contributed by atoms with E-state index in [0.29, 0.717) is 37.1 Å². The first kappa shape index (κ1) is 19.1. The predicted molar refractivity (Wildman–Crippen MR) is 95.6 cm³/mol. The van der Waals surface area contributed by atoms with E-state index in [1.54, 1.807) is 0 Å². The number of ether oxygens (including phenoxy) is 3. The summed E-state index contributed by atoms with van der Waals surface area (Å²) < 4.78 is 16.7. The Balaban J connectivity index is 2.41. The number of amides is 1. The predicted octanol–water partition coefficient (Wildman–Crippen LogP) is 1.51. The Morgan fingerprint density at radius 3 is 2.00 bits per heavy atom. The van der Waals surface area contributed by atoms with Crippen molar-refractivity contribution in [3.05, 3.63) is 44.6 Å². The monoisotopic (exact) mass is 363 g/mol. The van der Waals surface area contributed by atoms with Crippen molar-refractivity contribution in [1.29, 1.82) is 0 Å². The molecule has 26 heavy (non-hydrogen) atoms. The van der Waals surface area contributed by atoms with Gasteiger partial charge in [-0.15, -0.1) is 0 Å². The van der Waals surface area contributed by atoms with Gasteiger partial charge in [-0.05, 0) is 32.9 Å². The summed E-state index contributed by atoms with van der Waals surface area (Å²) in [6, 6.07) is 4.09. The first-order chi connectivity index (χ1) is 12.5. The smallest absolute Gasteiger partial charge is 0.327 e. The average Bonchev–Trinajstić information content (AvgIpc) is 2.57. The fourth-order valence-corrected chi connectivity index (χ4v) is 2.25. The van der Waals surface area contributed by atoms with Crippen molar-refractivity contribution >= 4 is 11.7 Å². The molecule has 0 aliphatic carbocycles. The highest BCUT2D eigenvalue weighted by Gasteiger charge is 2.18. The molecule has 3 N–H and O–H groups in total. The molecule has 0 spiro atoms. The normalized spacial score (nSPS) is 10.3. The lowest BCUT2D eigenvalue weighted by Crippen LogP contribution is -2.24. The fraction of sp³-hybridized carbons (Fsp3) is 0.353. The van der Waals surface area contributed by atoms with Crippen LogP contribution in [0.2, 0.25) is 0 Å². The van der Waals surface area contributed by atoms with E-state index in [2.05, 4.69) is 10.3 Å². The van der Waals surface area contributed by atoms with Gasteiger partial charge in [-0.3, -0.25) is 19.6 Å². The fourth-order valence-electron chi connectivity index (χ4n) is 2.25. The molecule has 140 valence electrons. The van der Waals surface area contributed by atoms with Crippen LogP contribution in [0.15, 0.2) is 27.8 Å². The molecule has 0 aliphatic heterocycles. The van der Waals surface area contributed by atoms with Gasteiger partial charge in [-0.25, -0.2) is 4.79 Å². The Kier molecular flexibility index (Phi) is 6.42. The molecule has 0 atom stereocenters. The molecule has 0 saturated carbocycles. The molecule has 1 amide bonds. The number of aromatic nitrogens is 2. The van der Waals surface area contributed by atoms with E-state index in [1.807, 2.05) is 25.8 Å². The number of H-pyrrole nitrogens is 2. The highest BCUT2D eigenvalue weighted by Crippen LogP contribution is 2.39. The SMILES string of the molecule is CCOc1cc(C(=O)Nc2cc(=O)[nH]c(=O)[nH]2)cc(OCC)c1OCC. The van der Waals surface area contributed by atoms with E-state index < -0.39 is 17.2 Å². The molecule has 1 heterocycles. The molecule has 0 bridgehead atoms. The van der Waals surface area contributed by atoms with Crippen LogP contribution in [0.4, 0.5) is 5.82 Å². The van der Waals surface area contributed by atoms with Crippen molar-refractivity contribution in [2.45, 2.75) is 20.8 Å². The van der Waals surface area contributed by atoms with Gasteiger partial charge >= 0.3 is 5.69 Å². The van der Waals surface area contributed by atoms with E-state index in [9.17, 15) is 14.4 Å². The molecule has 0 aliphatic rings. The molecule has 9 nitrogen and oxygen atoms in total. The Bertz CT molecular complexity index is 831. The van der Waals surface area contributed by atoms with E-state index >= 15 is 0 Å². The maximum atomic E-state index is 12.5. The van der Waals surface area contributed by atoms with Crippen molar-refractivity contribution in [2.75, 3.05) is 25.1 Å². The van der Waals surface area contributed by atoms with Crippen LogP contribution < -0.4 is 30.8 Å². The molecule has 2 rings (SSSR count). The van der Waals surface area contributed by atoms with Crippen molar-refractivity contribution in [1.82, 2.24) is 9.97 Å². The Morgan fingerprint density at radius 2 is 1.50 bits per heavy atom. The maximum Gasteiger partial charge on any atom is 0.327 e. The van der Waals surface area contributed by atoms with E-state index in [0.717, 1.165) is 6.07 Å². The van der Waals surface area contributed by atoms with Crippen molar-refractivity contribution in [3.63, 3.8) is 0 Å². The summed E-state index contributed by atoms with van der Waals surface area (Å²) in [6.07, 6.45) is 0. The van der Waals surface area contributed by atoms with Gasteiger partial charge in [-0.1, -0.05) is 0 Å². The maximum absolute atomic E-state index is 12.5. The number of anilines is 1. The topological polar surface area (TPSA) is 123 Å². The lowest BCUT2D eigenvalue weighted by atomic mass is 10.1. The summed E-state index contributed by atoms with van der Waals surface area (Å²) >= 11 is 0. The van der Waals surface area contributed by atoms with Gasteiger partial charge in [0.25, 0.3) is 11.5 Å². The van der Waals surface area contributed by atoms with Gasteiger partial charge in [0, 0.05) is 11.6 Å².